The van der Waals surface area contributed by atoms with Crippen molar-refractivity contribution in [1.82, 2.24) is 15.1 Å². The van der Waals surface area contributed by atoms with Crippen molar-refractivity contribution in [2.24, 2.45) is 5.92 Å². The molecule has 0 spiro atoms. The summed E-state index contributed by atoms with van der Waals surface area (Å²) in [6, 6.07) is 7.36. The molecule has 1 N–H and O–H groups in total. The first-order chi connectivity index (χ1) is 14.1. The SMILES string of the molecule is O=C(Nc1nnc(COc2ccc(Cl)cc2)s1)C1CC(=O)N(C2CCCCC2)C1. The zero-order valence-corrected chi connectivity index (χ0v) is 17.5. The number of amides is 2. The molecule has 29 heavy (non-hydrogen) atoms. The minimum absolute atomic E-state index is 0.0892. The summed E-state index contributed by atoms with van der Waals surface area (Å²) in [6.45, 7) is 0.757. The lowest BCUT2D eigenvalue weighted by molar-refractivity contribution is -0.130. The number of nitrogens with zero attached hydrogens (tertiary/aromatic N) is 3. The molecule has 1 aliphatic heterocycles. The quantitative estimate of drug-likeness (QED) is 0.745. The van der Waals surface area contributed by atoms with Crippen molar-refractivity contribution in [2.75, 3.05) is 11.9 Å². The molecule has 0 radical (unpaired) electrons. The number of rotatable bonds is 6. The van der Waals surface area contributed by atoms with Gasteiger partial charge < -0.3 is 15.0 Å². The molecule has 9 heteroatoms. The average molecular weight is 435 g/mol. The molecule has 1 aromatic heterocycles. The van der Waals surface area contributed by atoms with E-state index in [2.05, 4.69) is 15.5 Å². The molecule has 2 fully saturated rings. The predicted octanol–water partition coefficient (Wildman–Crippen LogP) is 3.89. The second-order valence-corrected chi connectivity index (χ2v) is 8.97. The van der Waals surface area contributed by atoms with Crippen LogP contribution in [0.3, 0.4) is 0 Å². The molecule has 1 aromatic carbocycles. The van der Waals surface area contributed by atoms with Crippen LogP contribution in [0.2, 0.25) is 5.02 Å². The highest BCUT2D eigenvalue weighted by molar-refractivity contribution is 7.15. The van der Waals surface area contributed by atoms with E-state index in [1.54, 1.807) is 24.3 Å². The Hall–Kier alpha value is -2.19. The first-order valence-corrected chi connectivity index (χ1v) is 11.1. The molecule has 2 aromatic rings. The summed E-state index contributed by atoms with van der Waals surface area (Å²) in [4.78, 5) is 26.9. The monoisotopic (exact) mass is 434 g/mol. The molecule has 1 aliphatic carbocycles. The number of carbonyl (C=O) groups excluding carboxylic acids is 2. The zero-order valence-electron chi connectivity index (χ0n) is 16.0. The lowest BCUT2D eigenvalue weighted by Gasteiger charge is -2.31. The van der Waals surface area contributed by atoms with Crippen molar-refractivity contribution in [2.45, 2.75) is 51.2 Å². The highest BCUT2D eigenvalue weighted by Gasteiger charge is 2.38. The van der Waals surface area contributed by atoms with Crippen LogP contribution in [0.5, 0.6) is 5.75 Å². The van der Waals surface area contributed by atoms with Gasteiger partial charge in [-0.3, -0.25) is 9.59 Å². The van der Waals surface area contributed by atoms with Crippen LogP contribution in [-0.4, -0.2) is 39.5 Å². The van der Waals surface area contributed by atoms with Gasteiger partial charge in [0.25, 0.3) is 0 Å². The summed E-state index contributed by atoms with van der Waals surface area (Å²) in [5, 5.41) is 12.6. The fourth-order valence-electron chi connectivity index (χ4n) is 3.90. The maximum atomic E-state index is 12.6. The maximum Gasteiger partial charge on any atom is 0.231 e. The Bertz CT molecular complexity index is 867. The number of likely N-dealkylation sites (tertiary alicyclic amines) is 1. The Balaban J connectivity index is 1.28. The molecule has 0 bridgehead atoms. The number of benzene rings is 1. The molecule has 7 nitrogen and oxygen atoms in total. The van der Waals surface area contributed by atoms with E-state index in [0.717, 1.165) is 25.7 Å². The maximum absolute atomic E-state index is 12.6. The summed E-state index contributed by atoms with van der Waals surface area (Å²) in [7, 11) is 0. The van der Waals surface area contributed by atoms with Crippen LogP contribution < -0.4 is 10.1 Å². The largest absolute Gasteiger partial charge is 0.486 e. The molecule has 154 valence electrons. The zero-order chi connectivity index (χ0) is 20.2. The van der Waals surface area contributed by atoms with Crippen LogP contribution >= 0.6 is 22.9 Å². The first-order valence-electron chi connectivity index (χ1n) is 9.89. The van der Waals surface area contributed by atoms with E-state index in [1.165, 1.54) is 17.8 Å². The number of anilines is 1. The fourth-order valence-corrected chi connectivity index (χ4v) is 4.68. The van der Waals surface area contributed by atoms with Crippen molar-refractivity contribution >= 4 is 39.9 Å². The summed E-state index contributed by atoms with van der Waals surface area (Å²) >= 11 is 7.12. The summed E-state index contributed by atoms with van der Waals surface area (Å²) in [5.41, 5.74) is 0. The van der Waals surface area contributed by atoms with Gasteiger partial charge in [0.2, 0.25) is 16.9 Å². The van der Waals surface area contributed by atoms with Gasteiger partial charge in [0.05, 0.1) is 5.92 Å². The number of nitrogens with one attached hydrogen (secondary N) is 1. The van der Waals surface area contributed by atoms with Crippen LogP contribution in [-0.2, 0) is 16.2 Å². The van der Waals surface area contributed by atoms with Crippen molar-refractivity contribution in [3.05, 3.63) is 34.3 Å². The number of aromatic nitrogens is 2. The Morgan fingerprint density at radius 1 is 1.21 bits per heavy atom. The van der Waals surface area contributed by atoms with Crippen LogP contribution in [0, 0.1) is 5.92 Å². The third-order valence-electron chi connectivity index (χ3n) is 5.42. The molecule has 2 heterocycles. The molecule has 2 aliphatic rings. The number of carbonyl (C=O) groups is 2. The molecule has 1 saturated carbocycles. The van der Waals surface area contributed by atoms with Gasteiger partial charge in [-0.2, -0.15) is 0 Å². The van der Waals surface area contributed by atoms with Crippen LogP contribution in [0.4, 0.5) is 5.13 Å². The lowest BCUT2D eigenvalue weighted by Crippen LogP contribution is -2.38. The second-order valence-electron chi connectivity index (χ2n) is 7.47. The summed E-state index contributed by atoms with van der Waals surface area (Å²) < 4.78 is 5.65. The van der Waals surface area contributed by atoms with Gasteiger partial charge in [0, 0.05) is 24.0 Å². The molecular weight excluding hydrogens is 412 g/mol. The highest BCUT2D eigenvalue weighted by Crippen LogP contribution is 2.29. The first kappa shape index (κ1) is 20.1. The Morgan fingerprint density at radius 3 is 2.72 bits per heavy atom. The topological polar surface area (TPSA) is 84.4 Å². The number of hydrogen-bond acceptors (Lipinski definition) is 6. The average Bonchev–Trinajstić information content (AvgIpc) is 3.34. The smallest absolute Gasteiger partial charge is 0.231 e. The van der Waals surface area contributed by atoms with Gasteiger partial charge in [-0.05, 0) is 37.1 Å². The van der Waals surface area contributed by atoms with Crippen LogP contribution in [0.1, 0.15) is 43.5 Å². The van der Waals surface area contributed by atoms with Gasteiger partial charge in [0.1, 0.15) is 12.4 Å². The second kappa shape index (κ2) is 9.09. The summed E-state index contributed by atoms with van der Waals surface area (Å²) in [5.74, 6) is 0.272. The minimum Gasteiger partial charge on any atom is -0.486 e. The van der Waals surface area contributed by atoms with E-state index in [4.69, 9.17) is 16.3 Å². The van der Waals surface area contributed by atoms with Crippen molar-refractivity contribution < 1.29 is 14.3 Å². The van der Waals surface area contributed by atoms with E-state index < -0.39 is 0 Å². The van der Waals surface area contributed by atoms with E-state index in [1.807, 2.05) is 4.90 Å². The standard InChI is InChI=1S/C20H23ClN4O3S/c21-14-6-8-16(9-7-14)28-12-17-23-24-20(29-17)22-19(27)13-10-18(26)25(11-13)15-4-2-1-3-5-15/h6-9,13,15H,1-5,10-12H2,(H,22,24,27). The van der Waals surface area contributed by atoms with E-state index in [-0.39, 0.29) is 30.8 Å². The predicted molar refractivity (Wildman–Crippen MR) is 111 cm³/mol. The molecule has 4 rings (SSSR count). The molecule has 2 amide bonds. The number of hydrogen-bond donors (Lipinski definition) is 1. The molecule has 1 unspecified atom stereocenters. The Kier molecular flexibility index (Phi) is 6.30. The lowest BCUT2D eigenvalue weighted by atomic mass is 9.94. The van der Waals surface area contributed by atoms with E-state index >= 15 is 0 Å². The number of ether oxygens (including phenoxy) is 1. The Morgan fingerprint density at radius 2 is 1.97 bits per heavy atom. The normalized spacial score (nSPS) is 20.1. The van der Waals surface area contributed by atoms with Crippen molar-refractivity contribution in [3.8, 4) is 5.75 Å². The molecule has 1 saturated heterocycles. The highest BCUT2D eigenvalue weighted by atomic mass is 35.5. The van der Waals surface area contributed by atoms with Crippen LogP contribution in [0.25, 0.3) is 0 Å². The third-order valence-corrected chi connectivity index (χ3v) is 6.48. The third kappa shape index (κ3) is 5.05. The van der Waals surface area contributed by atoms with Crippen molar-refractivity contribution in [3.63, 3.8) is 0 Å². The van der Waals surface area contributed by atoms with Gasteiger partial charge in [-0.25, -0.2) is 0 Å². The Labute approximate surface area is 178 Å². The number of halogens is 1. The van der Waals surface area contributed by atoms with E-state index in [0.29, 0.717) is 33.5 Å². The summed E-state index contributed by atoms with van der Waals surface area (Å²) in [6.07, 6.45) is 5.94. The van der Waals surface area contributed by atoms with E-state index in [9.17, 15) is 9.59 Å². The van der Waals surface area contributed by atoms with Gasteiger partial charge in [-0.1, -0.05) is 42.2 Å². The molecule has 1 atom stereocenters. The minimum atomic E-state index is -0.331. The molecular formula is C20H23ClN4O3S. The van der Waals surface area contributed by atoms with Gasteiger partial charge >= 0.3 is 0 Å². The van der Waals surface area contributed by atoms with Gasteiger partial charge in [-0.15, -0.1) is 10.2 Å². The van der Waals surface area contributed by atoms with Crippen molar-refractivity contribution in [1.29, 1.82) is 0 Å². The fraction of sp³-hybridized carbons (Fsp3) is 0.500. The van der Waals surface area contributed by atoms with Crippen LogP contribution in [0.15, 0.2) is 24.3 Å². The van der Waals surface area contributed by atoms with Gasteiger partial charge in [0.15, 0.2) is 5.01 Å².